The summed E-state index contributed by atoms with van der Waals surface area (Å²) < 4.78 is 0. The topological polar surface area (TPSA) is 26.0 Å². The number of halogens is 1. The molecule has 0 radical (unpaired) electrons. The van der Waals surface area contributed by atoms with Crippen molar-refractivity contribution >= 4 is 40.4 Å². The number of rotatable bonds is 4. The Hall–Kier alpha value is -0.640. The Kier molecular flexibility index (Phi) is 4.16. The first-order valence-corrected chi connectivity index (χ1v) is 7.20. The summed E-state index contributed by atoms with van der Waals surface area (Å²) in [7, 11) is 0. The molecule has 0 spiro atoms. The van der Waals surface area contributed by atoms with E-state index in [1.165, 1.54) is 4.88 Å². The van der Waals surface area contributed by atoms with Crippen molar-refractivity contribution in [2.24, 2.45) is 0 Å². The van der Waals surface area contributed by atoms with Crippen LogP contribution in [0.4, 0.5) is 5.69 Å². The molecule has 4 heteroatoms. The second-order valence-corrected chi connectivity index (χ2v) is 5.97. The van der Waals surface area contributed by atoms with E-state index in [4.69, 9.17) is 17.3 Å². The fourth-order valence-electron chi connectivity index (χ4n) is 1.35. The lowest BCUT2D eigenvalue weighted by atomic mass is 10.3. The molecule has 0 aliphatic heterocycles. The molecule has 0 saturated carbocycles. The van der Waals surface area contributed by atoms with Crippen LogP contribution in [-0.4, -0.2) is 5.75 Å². The summed E-state index contributed by atoms with van der Waals surface area (Å²) in [6.45, 7) is 0. The fourth-order valence-corrected chi connectivity index (χ4v) is 3.41. The Balaban J connectivity index is 1.92. The van der Waals surface area contributed by atoms with Gasteiger partial charge in [0, 0.05) is 26.2 Å². The van der Waals surface area contributed by atoms with Crippen LogP contribution < -0.4 is 5.73 Å². The van der Waals surface area contributed by atoms with Gasteiger partial charge in [0.25, 0.3) is 0 Å². The number of aryl methyl sites for hydroxylation is 1. The van der Waals surface area contributed by atoms with Crippen molar-refractivity contribution in [2.45, 2.75) is 11.3 Å². The van der Waals surface area contributed by atoms with Gasteiger partial charge in [-0.05, 0) is 36.1 Å². The Morgan fingerprint density at radius 3 is 2.94 bits per heavy atom. The maximum absolute atomic E-state index is 5.93. The molecule has 0 aliphatic carbocycles. The van der Waals surface area contributed by atoms with Crippen LogP contribution in [0.15, 0.2) is 40.6 Å². The molecule has 0 unspecified atom stereocenters. The summed E-state index contributed by atoms with van der Waals surface area (Å²) in [5, 5.41) is 2.85. The van der Waals surface area contributed by atoms with Gasteiger partial charge in [-0.25, -0.2) is 0 Å². The normalized spacial score (nSPS) is 10.6. The van der Waals surface area contributed by atoms with Crippen molar-refractivity contribution in [3.63, 3.8) is 0 Å². The average molecular weight is 270 g/mol. The highest BCUT2D eigenvalue weighted by atomic mass is 35.5. The first-order chi connectivity index (χ1) is 7.75. The Bertz CT molecular complexity index is 454. The average Bonchev–Trinajstić information content (AvgIpc) is 2.76. The van der Waals surface area contributed by atoms with E-state index in [-0.39, 0.29) is 0 Å². The maximum atomic E-state index is 5.93. The fraction of sp³-hybridized carbons (Fsp3) is 0.167. The number of hydrogen-bond donors (Lipinski definition) is 1. The summed E-state index contributed by atoms with van der Waals surface area (Å²) in [4.78, 5) is 2.48. The van der Waals surface area contributed by atoms with E-state index in [9.17, 15) is 0 Å². The predicted molar refractivity (Wildman–Crippen MR) is 74.6 cm³/mol. The Morgan fingerprint density at radius 1 is 1.31 bits per heavy atom. The third kappa shape index (κ3) is 3.17. The van der Waals surface area contributed by atoms with E-state index >= 15 is 0 Å². The highest BCUT2D eigenvalue weighted by molar-refractivity contribution is 7.99. The summed E-state index contributed by atoms with van der Waals surface area (Å²) in [5.41, 5.74) is 6.68. The molecule has 84 valence electrons. The molecule has 2 rings (SSSR count). The molecule has 1 aromatic heterocycles. The molecule has 0 aliphatic rings. The second-order valence-electron chi connectivity index (χ2n) is 3.36. The number of nitrogen functional groups attached to an aromatic ring is 1. The van der Waals surface area contributed by atoms with E-state index in [1.807, 2.05) is 18.2 Å². The lowest BCUT2D eigenvalue weighted by molar-refractivity contribution is 1.20. The number of benzene rings is 1. The largest absolute Gasteiger partial charge is 0.398 e. The van der Waals surface area contributed by atoms with E-state index < -0.39 is 0 Å². The van der Waals surface area contributed by atoms with Gasteiger partial charge in [-0.2, -0.15) is 0 Å². The van der Waals surface area contributed by atoms with Crippen molar-refractivity contribution in [3.8, 4) is 0 Å². The Labute approximate surface area is 109 Å². The van der Waals surface area contributed by atoms with Crippen LogP contribution in [0.3, 0.4) is 0 Å². The monoisotopic (exact) mass is 269 g/mol. The highest BCUT2D eigenvalue weighted by Gasteiger charge is 2.01. The van der Waals surface area contributed by atoms with Gasteiger partial charge in [-0.15, -0.1) is 23.1 Å². The van der Waals surface area contributed by atoms with Crippen LogP contribution in [0, 0.1) is 0 Å². The molecule has 2 aromatic rings. The summed E-state index contributed by atoms with van der Waals surface area (Å²) in [5.74, 6) is 1.03. The first-order valence-electron chi connectivity index (χ1n) is 4.96. The molecule has 0 fully saturated rings. The number of anilines is 1. The zero-order valence-electron chi connectivity index (χ0n) is 8.65. The van der Waals surface area contributed by atoms with Crippen LogP contribution in [0.5, 0.6) is 0 Å². The van der Waals surface area contributed by atoms with Gasteiger partial charge in [0.05, 0.1) is 0 Å². The summed E-state index contributed by atoms with van der Waals surface area (Å²) in [6, 6.07) is 9.84. The number of thiophene rings is 1. The first kappa shape index (κ1) is 11.8. The molecule has 16 heavy (non-hydrogen) atoms. The van der Waals surface area contributed by atoms with Gasteiger partial charge in [0.15, 0.2) is 0 Å². The molecule has 1 heterocycles. The zero-order chi connectivity index (χ0) is 11.4. The van der Waals surface area contributed by atoms with Crippen LogP contribution in [0.25, 0.3) is 0 Å². The molecule has 1 nitrogen and oxygen atoms in total. The summed E-state index contributed by atoms with van der Waals surface area (Å²) in [6.07, 6.45) is 1.08. The highest BCUT2D eigenvalue weighted by Crippen LogP contribution is 2.28. The van der Waals surface area contributed by atoms with Crippen LogP contribution in [0.2, 0.25) is 5.02 Å². The van der Waals surface area contributed by atoms with Gasteiger partial charge in [0.1, 0.15) is 0 Å². The molecule has 0 amide bonds. The van der Waals surface area contributed by atoms with Crippen molar-refractivity contribution in [1.82, 2.24) is 0 Å². The lowest BCUT2D eigenvalue weighted by Crippen LogP contribution is -1.90. The number of nitrogens with two attached hydrogens (primary N) is 1. The molecule has 0 atom stereocenters. The SMILES string of the molecule is Nc1ccc(Cl)cc1SCCc1cccs1. The smallest absolute Gasteiger partial charge is 0.0453 e. The quantitative estimate of drug-likeness (QED) is 0.661. The van der Waals surface area contributed by atoms with Gasteiger partial charge in [0.2, 0.25) is 0 Å². The van der Waals surface area contributed by atoms with E-state index in [2.05, 4.69) is 17.5 Å². The van der Waals surface area contributed by atoms with E-state index in [0.29, 0.717) is 0 Å². The molecule has 0 saturated heterocycles. The van der Waals surface area contributed by atoms with Crippen molar-refractivity contribution < 1.29 is 0 Å². The third-order valence-corrected chi connectivity index (χ3v) is 4.41. The zero-order valence-corrected chi connectivity index (χ0v) is 11.0. The van der Waals surface area contributed by atoms with Gasteiger partial charge in [-0.3, -0.25) is 0 Å². The van der Waals surface area contributed by atoms with E-state index in [1.54, 1.807) is 23.1 Å². The third-order valence-electron chi connectivity index (χ3n) is 2.16. The summed E-state index contributed by atoms with van der Waals surface area (Å²) >= 11 is 9.48. The Morgan fingerprint density at radius 2 is 2.19 bits per heavy atom. The molecule has 1 aromatic carbocycles. The lowest BCUT2D eigenvalue weighted by Gasteiger charge is -2.05. The predicted octanol–water partition coefficient (Wildman–Crippen LogP) is 4.32. The van der Waals surface area contributed by atoms with Gasteiger partial charge >= 0.3 is 0 Å². The minimum absolute atomic E-state index is 0.743. The van der Waals surface area contributed by atoms with Gasteiger partial charge < -0.3 is 5.73 Å². The van der Waals surface area contributed by atoms with Crippen molar-refractivity contribution in [1.29, 1.82) is 0 Å². The van der Waals surface area contributed by atoms with Crippen LogP contribution in [-0.2, 0) is 6.42 Å². The maximum Gasteiger partial charge on any atom is 0.0453 e. The molecule has 0 bridgehead atoms. The minimum Gasteiger partial charge on any atom is -0.398 e. The molecule has 2 N–H and O–H groups in total. The van der Waals surface area contributed by atoms with Crippen molar-refractivity contribution in [2.75, 3.05) is 11.5 Å². The van der Waals surface area contributed by atoms with E-state index in [0.717, 1.165) is 27.8 Å². The van der Waals surface area contributed by atoms with Crippen LogP contribution in [0.1, 0.15) is 4.88 Å². The van der Waals surface area contributed by atoms with Crippen LogP contribution >= 0.6 is 34.7 Å². The van der Waals surface area contributed by atoms with Gasteiger partial charge in [-0.1, -0.05) is 17.7 Å². The molecular formula is C12H12ClNS2. The van der Waals surface area contributed by atoms with Crippen molar-refractivity contribution in [3.05, 3.63) is 45.6 Å². The minimum atomic E-state index is 0.743. The second kappa shape index (κ2) is 5.62. The molecular weight excluding hydrogens is 258 g/mol. The number of thioether (sulfide) groups is 1. The number of hydrogen-bond acceptors (Lipinski definition) is 3. The standard InChI is InChI=1S/C12H12ClNS2/c13-9-3-4-11(14)12(8-9)16-7-5-10-2-1-6-15-10/h1-4,6,8H,5,7,14H2.